The molecule has 0 radical (unpaired) electrons. The minimum absolute atomic E-state index is 0.317. The molecule has 1 heterocycles. The van der Waals surface area contributed by atoms with Gasteiger partial charge in [0.1, 0.15) is 11.4 Å². The van der Waals surface area contributed by atoms with Crippen LogP contribution in [-0.2, 0) is 17.7 Å². The van der Waals surface area contributed by atoms with Crippen molar-refractivity contribution in [3.63, 3.8) is 0 Å². The largest absolute Gasteiger partial charge is 0.456 e. The zero-order valence-electron chi connectivity index (χ0n) is 20.5. The summed E-state index contributed by atoms with van der Waals surface area (Å²) >= 11 is 0. The lowest BCUT2D eigenvalue weighted by Gasteiger charge is -2.20. The van der Waals surface area contributed by atoms with Crippen molar-refractivity contribution in [3.05, 3.63) is 77.4 Å². The van der Waals surface area contributed by atoms with Crippen molar-refractivity contribution in [2.75, 3.05) is 0 Å². The first kappa shape index (κ1) is 24.7. The van der Waals surface area contributed by atoms with Gasteiger partial charge >= 0.3 is 5.97 Å². The van der Waals surface area contributed by atoms with E-state index < -0.39 is 11.7 Å². The second kappa shape index (κ2) is 10.8. The van der Waals surface area contributed by atoms with Crippen molar-refractivity contribution in [1.29, 1.82) is 0 Å². The maximum Gasteiger partial charge on any atom is 0.339 e. The minimum atomic E-state index is -0.543. The number of aromatic nitrogens is 2. The van der Waals surface area contributed by atoms with Crippen LogP contribution in [0.1, 0.15) is 87.4 Å². The number of carbonyl (C=O) groups is 1. The number of imidazole rings is 1. The smallest absolute Gasteiger partial charge is 0.339 e. The molecule has 0 fully saturated rings. The fraction of sp³-hybridized carbons (Fsp3) is 0.429. The van der Waals surface area contributed by atoms with E-state index in [4.69, 9.17) is 9.72 Å². The summed E-state index contributed by atoms with van der Waals surface area (Å²) in [7, 11) is 0. The highest BCUT2D eigenvalue weighted by molar-refractivity contribution is 5.97. The average Bonchev–Trinajstić information content (AvgIpc) is 3.19. The molecular weight excluding hydrogens is 412 g/mol. The van der Waals surface area contributed by atoms with E-state index in [1.165, 1.54) is 0 Å². The van der Waals surface area contributed by atoms with Gasteiger partial charge in [-0.1, -0.05) is 62.7 Å². The van der Waals surface area contributed by atoms with Crippen molar-refractivity contribution in [1.82, 2.24) is 9.55 Å². The summed E-state index contributed by atoms with van der Waals surface area (Å²) < 4.78 is 7.74. The van der Waals surface area contributed by atoms with Crippen molar-refractivity contribution in [2.24, 2.45) is 0 Å². The van der Waals surface area contributed by atoms with Crippen LogP contribution in [0.3, 0.4) is 0 Å². The molecule has 0 bridgehead atoms. The van der Waals surface area contributed by atoms with Gasteiger partial charge in [-0.2, -0.15) is 0 Å². The Kier molecular flexibility index (Phi) is 8.09. The molecule has 0 spiro atoms. The molecule has 0 aliphatic rings. The van der Waals surface area contributed by atoms with Crippen LogP contribution in [0.2, 0.25) is 0 Å². The number of aryl methyl sites for hydroxylation is 1. The average molecular weight is 449 g/mol. The van der Waals surface area contributed by atoms with Crippen molar-refractivity contribution >= 4 is 5.97 Å². The Morgan fingerprint density at radius 1 is 1.09 bits per heavy atom. The normalized spacial score (nSPS) is 12.5. The van der Waals surface area contributed by atoms with Gasteiger partial charge in [0.25, 0.3) is 0 Å². The minimum Gasteiger partial charge on any atom is -0.456 e. The maximum atomic E-state index is 12.7. The third kappa shape index (κ3) is 6.55. The standard InChI is InChI=1S/C28H36N2O3/c1-6-8-13-26-29-24(25(31)7-2)19-30(26)18-20-14-16-21(17-15-20)22-11-9-10-12-23(22)27(32)33-28(3,4)5/h9-12,14-17,19,25,31H,6-8,13,18H2,1-5H3. The van der Waals surface area contributed by atoms with Crippen LogP contribution in [0, 0.1) is 0 Å². The second-order valence-electron chi connectivity index (χ2n) is 9.48. The number of unbranched alkanes of at least 4 members (excludes halogenated alkanes) is 1. The van der Waals surface area contributed by atoms with E-state index in [0.717, 1.165) is 47.5 Å². The molecule has 1 aromatic heterocycles. The molecule has 0 aliphatic heterocycles. The van der Waals surface area contributed by atoms with Gasteiger partial charge in [-0.15, -0.1) is 0 Å². The Morgan fingerprint density at radius 2 is 1.79 bits per heavy atom. The van der Waals surface area contributed by atoms with Crippen molar-refractivity contribution in [2.45, 2.75) is 78.6 Å². The summed E-state index contributed by atoms with van der Waals surface area (Å²) in [4.78, 5) is 17.4. The van der Waals surface area contributed by atoms with Gasteiger partial charge in [-0.3, -0.25) is 0 Å². The molecule has 176 valence electrons. The number of aliphatic hydroxyl groups excluding tert-OH is 1. The third-order valence-corrected chi connectivity index (χ3v) is 5.52. The van der Waals surface area contributed by atoms with Gasteiger partial charge in [0, 0.05) is 19.2 Å². The van der Waals surface area contributed by atoms with Gasteiger partial charge in [0.15, 0.2) is 0 Å². The predicted molar refractivity (Wildman–Crippen MR) is 132 cm³/mol. The van der Waals surface area contributed by atoms with Crippen molar-refractivity contribution in [3.8, 4) is 11.1 Å². The van der Waals surface area contributed by atoms with E-state index >= 15 is 0 Å². The van der Waals surface area contributed by atoms with Crippen LogP contribution in [0.15, 0.2) is 54.7 Å². The second-order valence-corrected chi connectivity index (χ2v) is 9.48. The van der Waals surface area contributed by atoms with Crippen LogP contribution in [0.5, 0.6) is 0 Å². The fourth-order valence-corrected chi connectivity index (χ4v) is 3.75. The lowest BCUT2D eigenvalue weighted by atomic mass is 9.98. The summed E-state index contributed by atoms with van der Waals surface area (Å²) in [6.45, 7) is 10.4. The Morgan fingerprint density at radius 3 is 2.42 bits per heavy atom. The number of rotatable bonds is 9. The van der Waals surface area contributed by atoms with Gasteiger partial charge < -0.3 is 14.4 Å². The Hall–Kier alpha value is -2.92. The number of benzene rings is 2. The number of aliphatic hydroxyl groups is 1. The zero-order chi connectivity index (χ0) is 24.0. The summed E-state index contributed by atoms with van der Waals surface area (Å²) in [6.07, 6.45) is 5.16. The fourth-order valence-electron chi connectivity index (χ4n) is 3.75. The van der Waals surface area contributed by atoms with E-state index in [1.54, 1.807) is 0 Å². The molecule has 3 aromatic rings. The number of esters is 1. The number of nitrogens with zero attached hydrogens (tertiary/aromatic N) is 2. The topological polar surface area (TPSA) is 64.4 Å². The first-order chi connectivity index (χ1) is 15.7. The first-order valence-corrected chi connectivity index (χ1v) is 11.9. The molecule has 1 N–H and O–H groups in total. The Bertz CT molecular complexity index is 1060. The molecule has 0 amide bonds. The highest BCUT2D eigenvalue weighted by Gasteiger charge is 2.20. The molecule has 5 heteroatoms. The molecule has 0 aliphatic carbocycles. The number of hydrogen-bond acceptors (Lipinski definition) is 4. The number of ether oxygens (including phenoxy) is 1. The molecule has 2 aromatic carbocycles. The van der Waals surface area contributed by atoms with Gasteiger partial charge in [-0.05, 0) is 56.4 Å². The third-order valence-electron chi connectivity index (χ3n) is 5.52. The highest BCUT2D eigenvalue weighted by atomic mass is 16.6. The van der Waals surface area contributed by atoms with Crippen LogP contribution < -0.4 is 0 Å². The van der Waals surface area contributed by atoms with E-state index in [-0.39, 0.29) is 5.97 Å². The van der Waals surface area contributed by atoms with Crippen LogP contribution in [-0.4, -0.2) is 26.2 Å². The SMILES string of the molecule is CCCCc1nc(C(O)CC)cn1Cc1ccc(-c2ccccc2C(=O)OC(C)(C)C)cc1. The van der Waals surface area contributed by atoms with Gasteiger partial charge in [0.2, 0.25) is 0 Å². The lowest BCUT2D eigenvalue weighted by molar-refractivity contribution is 0.00704. The lowest BCUT2D eigenvalue weighted by Crippen LogP contribution is -2.24. The molecule has 5 nitrogen and oxygen atoms in total. The van der Waals surface area contributed by atoms with E-state index in [2.05, 4.69) is 23.6 Å². The molecule has 0 saturated carbocycles. The molecule has 1 atom stereocenters. The first-order valence-electron chi connectivity index (χ1n) is 11.9. The monoisotopic (exact) mass is 448 g/mol. The van der Waals surface area contributed by atoms with E-state index in [0.29, 0.717) is 18.5 Å². The quantitative estimate of drug-likeness (QED) is 0.388. The summed E-state index contributed by atoms with van der Waals surface area (Å²) in [5, 5.41) is 10.2. The maximum absolute atomic E-state index is 12.7. The summed E-state index contributed by atoms with van der Waals surface area (Å²) in [5.41, 5.74) is 3.73. The molecule has 33 heavy (non-hydrogen) atoms. The van der Waals surface area contributed by atoms with E-state index in [9.17, 15) is 9.90 Å². The van der Waals surface area contributed by atoms with Gasteiger partial charge in [0.05, 0.1) is 17.4 Å². The molecule has 1 unspecified atom stereocenters. The summed E-state index contributed by atoms with van der Waals surface area (Å²) in [6, 6.07) is 15.8. The Balaban J connectivity index is 1.84. The van der Waals surface area contributed by atoms with Gasteiger partial charge in [-0.25, -0.2) is 9.78 Å². The van der Waals surface area contributed by atoms with Crippen molar-refractivity contribution < 1.29 is 14.6 Å². The number of carbonyl (C=O) groups excluding carboxylic acids is 1. The van der Waals surface area contributed by atoms with Crippen LogP contribution in [0.25, 0.3) is 11.1 Å². The highest BCUT2D eigenvalue weighted by Crippen LogP contribution is 2.27. The summed E-state index contributed by atoms with van der Waals surface area (Å²) in [5.74, 6) is 0.696. The van der Waals surface area contributed by atoms with Crippen LogP contribution >= 0.6 is 0 Å². The molecular formula is C28H36N2O3. The zero-order valence-corrected chi connectivity index (χ0v) is 20.5. The molecule has 0 saturated heterocycles. The number of hydrogen-bond donors (Lipinski definition) is 1. The van der Waals surface area contributed by atoms with Crippen LogP contribution in [0.4, 0.5) is 0 Å². The predicted octanol–water partition coefficient (Wildman–Crippen LogP) is 6.34. The Labute approximate surface area is 197 Å². The molecule has 3 rings (SSSR count). The van der Waals surface area contributed by atoms with E-state index in [1.807, 2.05) is 70.3 Å².